The zero-order chi connectivity index (χ0) is 32.4. The molecule has 0 aromatic heterocycles. The lowest BCUT2D eigenvalue weighted by atomic mass is 9.75. The van der Waals surface area contributed by atoms with Gasteiger partial charge >= 0.3 is 17.7 Å². The fourth-order valence-electron chi connectivity index (χ4n) is 6.25. The Morgan fingerprint density at radius 3 is 2.11 bits per heavy atom. The molecule has 0 saturated carbocycles. The number of ketones is 1. The predicted octanol–water partition coefficient (Wildman–Crippen LogP) is 4.15. The van der Waals surface area contributed by atoms with Gasteiger partial charge in [-0.2, -0.15) is 0 Å². The van der Waals surface area contributed by atoms with E-state index in [0.717, 1.165) is 4.90 Å². The van der Waals surface area contributed by atoms with Crippen LogP contribution in [0, 0.1) is 16.0 Å². The molecular formula is C32H31N3O10. The molecule has 45 heavy (non-hydrogen) atoms. The molecular weight excluding hydrogens is 586 g/mol. The lowest BCUT2D eigenvalue weighted by Gasteiger charge is -2.29. The van der Waals surface area contributed by atoms with Crippen LogP contribution in [0.4, 0.5) is 10.5 Å². The minimum atomic E-state index is -1.24. The summed E-state index contributed by atoms with van der Waals surface area (Å²) in [6.07, 6.45) is 0. The van der Waals surface area contributed by atoms with Gasteiger partial charge in [-0.05, 0) is 36.2 Å². The highest BCUT2D eigenvalue weighted by Gasteiger charge is 2.63. The van der Waals surface area contributed by atoms with Gasteiger partial charge < -0.3 is 23.8 Å². The molecule has 13 nitrogen and oxygen atoms in total. The Bertz CT molecular complexity index is 1660. The first kappa shape index (κ1) is 31.0. The SMILES string of the molecule is CCOC(=O)CN1C(=O)C2C(c3ccc(OC)c(OC)c3)C(C(=O)c3ccccc3)C(c3ccc(OC)c([N+](=O)[O-])c3)N2C1=O. The number of ether oxygens (including phenoxy) is 4. The first-order valence-electron chi connectivity index (χ1n) is 14.1. The van der Waals surface area contributed by atoms with Crippen LogP contribution in [0.5, 0.6) is 17.2 Å². The van der Waals surface area contributed by atoms with Gasteiger partial charge in [-0.1, -0.05) is 42.5 Å². The molecule has 2 saturated heterocycles. The molecule has 234 valence electrons. The molecule has 0 radical (unpaired) electrons. The maximum Gasteiger partial charge on any atom is 0.328 e. The molecule has 2 heterocycles. The zero-order valence-corrected chi connectivity index (χ0v) is 25.0. The molecule has 4 atom stereocenters. The third-order valence-corrected chi connectivity index (χ3v) is 8.12. The number of hydrogen-bond donors (Lipinski definition) is 0. The summed E-state index contributed by atoms with van der Waals surface area (Å²) in [6, 6.07) is 14.3. The number of nitrogens with zero attached hydrogens (tertiary/aromatic N) is 3. The number of hydrogen-bond acceptors (Lipinski definition) is 10. The van der Waals surface area contributed by atoms with Crippen molar-refractivity contribution in [2.45, 2.75) is 24.9 Å². The number of carbonyl (C=O) groups is 4. The van der Waals surface area contributed by atoms with Crippen molar-refractivity contribution in [1.29, 1.82) is 0 Å². The van der Waals surface area contributed by atoms with Gasteiger partial charge in [0.15, 0.2) is 23.0 Å². The van der Waals surface area contributed by atoms with Gasteiger partial charge in [0, 0.05) is 17.5 Å². The molecule has 0 bridgehead atoms. The van der Waals surface area contributed by atoms with E-state index in [2.05, 4.69) is 0 Å². The van der Waals surface area contributed by atoms with Crippen molar-refractivity contribution in [1.82, 2.24) is 9.80 Å². The van der Waals surface area contributed by atoms with Crippen molar-refractivity contribution in [2.75, 3.05) is 34.5 Å². The van der Waals surface area contributed by atoms with E-state index in [1.807, 2.05) is 0 Å². The molecule has 3 aromatic carbocycles. The zero-order valence-electron chi connectivity index (χ0n) is 25.0. The van der Waals surface area contributed by atoms with Crippen molar-refractivity contribution in [3.8, 4) is 17.2 Å². The van der Waals surface area contributed by atoms with Crippen molar-refractivity contribution in [3.05, 3.63) is 93.5 Å². The average molecular weight is 618 g/mol. The Labute approximate surface area is 258 Å². The summed E-state index contributed by atoms with van der Waals surface area (Å²) in [5.41, 5.74) is 0.671. The van der Waals surface area contributed by atoms with Crippen LogP contribution in [-0.2, 0) is 14.3 Å². The molecule has 4 unspecified atom stereocenters. The van der Waals surface area contributed by atoms with E-state index in [1.54, 1.807) is 55.5 Å². The van der Waals surface area contributed by atoms with Crippen LogP contribution in [0.15, 0.2) is 66.7 Å². The first-order valence-corrected chi connectivity index (χ1v) is 14.1. The van der Waals surface area contributed by atoms with Gasteiger partial charge in [0.2, 0.25) is 0 Å². The highest BCUT2D eigenvalue weighted by molar-refractivity contribution is 6.09. The second-order valence-electron chi connectivity index (χ2n) is 10.4. The Balaban J connectivity index is 1.76. The summed E-state index contributed by atoms with van der Waals surface area (Å²) in [5, 5.41) is 12.0. The molecule has 3 aromatic rings. The number of imide groups is 1. The van der Waals surface area contributed by atoms with Gasteiger partial charge in [-0.3, -0.25) is 29.4 Å². The molecule has 2 fully saturated rings. The lowest BCUT2D eigenvalue weighted by Crippen LogP contribution is -2.41. The smallest absolute Gasteiger partial charge is 0.328 e. The van der Waals surface area contributed by atoms with E-state index in [-0.39, 0.29) is 29.4 Å². The van der Waals surface area contributed by atoms with Crippen molar-refractivity contribution in [2.24, 2.45) is 5.92 Å². The fourth-order valence-corrected chi connectivity index (χ4v) is 6.25. The molecule has 5 rings (SSSR count). The summed E-state index contributed by atoms with van der Waals surface area (Å²) in [7, 11) is 4.20. The van der Waals surface area contributed by atoms with Gasteiger partial charge in [0.05, 0.1) is 44.8 Å². The predicted molar refractivity (Wildman–Crippen MR) is 158 cm³/mol. The number of nitro benzene ring substituents is 1. The number of fused-ring (bicyclic) bond motifs is 1. The third kappa shape index (κ3) is 5.41. The van der Waals surface area contributed by atoms with Crippen LogP contribution in [-0.4, -0.2) is 78.9 Å². The molecule has 2 aliphatic heterocycles. The van der Waals surface area contributed by atoms with Crippen molar-refractivity contribution < 1.29 is 43.0 Å². The number of amides is 3. The summed E-state index contributed by atoms with van der Waals surface area (Å²) >= 11 is 0. The summed E-state index contributed by atoms with van der Waals surface area (Å²) in [4.78, 5) is 68.6. The van der Waals surface area contributed by atoms with E-state index < -0.39 is 53.3 Å². The van der Waals surface area contributed by atoms with Crippen LogP contribution in [0.25, 0.3) is 0 Å². The first-order chi connectivity index (χ1) is 21.7. The number of methoxy groups -OCH3 is 3. The standard InChI is InChI=1S/C32H31N3O10/c1-5-45-25(36)17-33-31(38)29-26(19-11-14-23(43-3)24(16-19)44-4)27(30(37)18-9-7-6-8-10-18)28(34(29)32(33)39)20-12-13-22(42-2)21(15-20)35(40)41/h6-16,26-29H,5,17H2,1-4H3. The molecule has 0 spiro atoms. The van der Waals surface area contributed by atoms with E-state index in [1.165, 1.54) is 44.4 Å². The fraction of sp³-hybridized carbons (Fsp3) is 0.312. The number of rotatable bonds is 11. The normalized spacial score (nSPS) is 20.5. The topological polar surface area (TPSA) is 155 Å². The number of Topliss-reactive ketones (excluding diaryl/α,β-unsaturated/α-hetero) is 1. The van der Waals surface area contributed by atoms with Crippen LogP contribution in [0.2, 0.25) is 0 Å². The Morgan fingerprint density at radius 1 is 0.844 bits per heavy atom. The monoisotopic (exact) mass is 617 g/mol. The Kier molecular flexibility index (Phi) is 8.70. The lowest BCUT2D eigenvalue weighted by molar-refractivity contribution is -0.385. The maximum atomic E-state index is 14.5. The Morgan fingerprint density at radius 2 is 1.49 bits per heavy atom. The van der Waals surface area contributed by atoms with Crippen molar-refractivity contribution >= 4 is 29.4 Å². The van der Waals surface area contributed by atoms with Crippen LogP contribution in [0.3, 0.4) is 0 Å². The largest absolute Gasteiger partial charge is 0.493 e. The van der Waals surface area contributed by atoms with Crippen LogP contribution in [0.1, 0.15) is 40.4 Å². The van der Waals surface area contributed by atoms with E-state index in [0.29, 0.717) is 22.6 Å². The minimum absolute atomic E-state index is 0.0200. The van der Waals surface area contributed by atoms with Crippen LogP contribution < -0.4 is 14.2 Å². The second-order valence-corrected chi connectivity index (χ2v) is 10.4. The van der Waals surface area contributed by atoms with Gasteiger partial charge in [-0.15, -0.1) is 0 Å². The quantitative estimate of drug-likeness (QED) is 0.101. The number of benzene rings is 3. The molecule has 0 aliphatic carbocycles. The summed E-state index contributed by atoms with van der Waals surface area (Å²) < 4.78 is 21.1. The van der Waals surface area contributed by atoms with Crippen LogP contribution >= 0.6 is 0 Å². The average Bonchev–Trinajstić information content (AvgIpc) is 3.52. The number of urea groups is 1. The maximum absolute atomic E-state index is 14.5. The van der Waals surface area contributed by atoms with Gasteiger partial charge in [0.1, 0.15) is 12.6 Å². The summed E-state index contributed by atoms with van der Waals surface area (Å²) in [5.74, 6) is -3.19. The minimum Gasteiger partial charge on any atom is -0.493 e. The van der Waals surface area contributed by atoms with Gasteiger partial charge in [-0.25, -0.2) is 4.79 Å². The molecule has 3 amide bonds. The second kappa shape index (κ2) is 12.6. The van der Waals surface area contributed by atoms with E-state index in [9.17, 15) is 29.3 Å². The number of esters is 1. The Hall–Kier alpha value is -5.46. The molecule has 13 heteroatoms. The van der Waals surface area contributed by atoms with Crippen molar-refractivity contribution in [3.63, 3.8) is 0 Å². The number of nitro groups is 1. The molecule has 2 aliphatic rings. The molecule has 0 N–H and O–H groups in total. The van der Waals surface area contributed by atoms with E-state index in [4.69, 9.17) is 18.9 Å². The van der Waals surface area contributed by atoms with E-state index >= 15 is 0 Å². The van der Waals surface area contributed by atoms with Gasteiger partial charge in [0.25, 0.3) is 5.91 Å². The third-order valence-electron chi connectivity index (χ3n) is 8.12. The number of carbonyl (C=O) groups excluding carboxylic acids is 4. The summed E-state index contributed by atoms with van der Waals surface area (Å²) in [6.45, 7) is 1.01. The highest BCUT2D eigenvalue weighted by Crippen LogP contribution is 2.55. The highest BCUT2D eigenvalue weighted by atomic mass is 16.6.